The number of hydrogen-bond acceptors (Lipinski definition) is 5. The lowest BCUT2D eigenvalue weighted by molar-refractivity contribution is 0.399. The van der Waals surface area contributed by atoms with Gasteiger partial charge in [0.15, 0.2) is 5.82 Å². The van der Waals surface area contributed by atoms with Crippen molar-refractivity contribution in [1.82, 2.24) is 9.97 Å². The molecule has 0 atom stereocenters. The molecule has 0 saturated carbocycles. The van der Waals surface area contributed by atoms with Crippen LogP contribution in [0, 0.1) is 6.92 Å². The number of methoxy groups -OCH3 is 1. The van der Waals surface area contributed by atoms with Gasteiger partial charge >= 0.3 is 0 Å². The molecule has 1 aromatic heterocycles. The maximum atomic E-state index is 5.87. The predicted octanol–water partition coefficient (Wildman–Crippen LogP) is 1.99. The van der Waals surface area contributed by atoms with Gasteiger partial charge in [0.25, 0.3) is 0 Å². The lowest BCUT2D eigenvalue weighted by Gasteiger charge is -2.10. The number of aromatic nitrogens is 2. The second kappa shape index (κ2) is 5.35. The first kappa shape index (κ1) is 12.2. The number of ether oxygens (including phenoxy) is 1. The monoisotopic (exact) mass is 244 g/mol. The molecule has 1 heterocycles. The standard InChI is InChI=1S/C13H16N4O/c1-9-3-5-10(6-4-9)7-15-12-11(14)13(18-2)17-8-16-12/h3-6,8H,7,14H2,1-2H3,(H,15,16,17). The third-order valence-electron chi connectivity index (χ3n) is 2.62. The molecule has 5 heteroatoms. The number of nitrogens with one attached hydrogen (secondary N) is 1. The van der Waals surface area contributed by atoms with E-state index in [1.807, 2.05) is 0 Å². The molecule has 0 fully saturated rings. The predicted molar refractivity (Wildman–Crippen MR) is 71.5 cm³/mol. The van der Waals surface area contributed by atoms with Crippen LogP contribution in [0.25, 0.3) is 0 Å². The highest BCUT2D eigenvalue weighted by Gasteiger charge is 2.07. The van der Waals surface area contributed by atoms with Crippen LogP contribution in [0.2, 0.25) is 0 Å². The van der Waals surface area contributed by atoms with E-state index in [9.17, 15) is 0 Å². The van der Waals surface area contributed by atoms with E-state index in [0.29, 0.717) is 23.9 Å². The molecular formula is C13H16N4O. The second-order valence-electron chi connectivity index (χ2n) is 3.98. The van der Waals surface area contributed by atoms with E-state index in [1.54, 1.807) is 0 Å². The van der Waals surface area contributed by atoms with E-state index in [0.717, 1.165) is 5.56 Å². The zero-order valence-electron chi connectivity index (χ0n) is 10.5. The van der Waals surface area contributed by atoms with Gasteiger partial charge in [0.05, 0.1) is 7.11 Å². The number of nitrogens with two attached hydrogens (primary N) is 1. The highest BCUT2D eigenvalue weighted by molar-refractivity contribution is 5.66. The van der Waals surface area contributed by atoms with Crippen LogP contribution in [-0.4, -0.2) is 17.1 Å². The Morgan fingerprint density at radius 3 is 2.61 bits per heavy atom. The Kier molecular flexibility index (Phi) is 3.62. The molecule has 0 bridgehead atoms. The number of nitrogen functional groups attached to an aromatic ring is 1. The molecule has 0 amide bonds. The molecule has 1 aromatic carbocycles. The minimum Gasteiger partial charge on any atom is -0.479 e. The Bertz CT molecular complexity index is 525. The Balaban J connectivity index is 2.08. The molecule has 0 aliphatic rings. The molecule has 2 rings (SSSR count). The minimum absolute atomic E-state index is 0.386. The third kappa shape index (κ3) is 2.68. The summed E-state index contributed by atoms with van der Waals surface area (Å²) < 4.78 is 5.04. The summed E-state index contributed by atoms with van der Waals surface area (Å²) in [5.74, 6) is 0.971. The van der Waals surface area contributed by atoms with Gasteiger partial charge in [-0.15, -0.1) is 0 Å². The topological polar surface area (TPSA) is 73.1 Å². The molecule has 0 spiro atoms. The maximum Gasteiger partial charge on any atom is 0.242 e. The maximum absolute atomic E-state index is 5.87. The summed E-state index contributed by atoms with van der Waals surface area (Å²) in [4.78, 5) is 8.02. The van der Waals surface area contributed by atoms with E-state index < -0.39 is 0 Å². The number of hydrogen-bond donors (Lipinski definition) is 2. The normalized spacial score (nSPS) is 10.1. The Morgan fingerprint density at radius 2 is 1.94 bits per heavy atom. The van der Waals surface area contributed by atoms with Crippen molar-refractivity contribution in [3.8, 4) is 5.88 Å². The van der Waals surface area contributed by atoms with Crippen LogP contribution >= 0.6 is 0 Å². The fraction of sp³-hybridized carbons (Fsp3) is 0.231. The molecule has 3 N–H and O–H groups in total. The summed E-state index contributed by atoms with van der Waals surface area (Å²) in [5, 5.41) is 3.17. The fourth-order valence-electron chi connectivity index (χ4n) is 1.57. The van der Waals surface area contributed by atoms with Crippen molar-refractivity contribution in [1.29, 1.82) is 0 Å². The summed E-state index contributed by atoms with van der Waals surface area (Å²) in [6.07, 6.45) is 1.42. The summed E-state index contributed by atoms with van der Waals surface area (Å²) in [6, 6.07) is 8.27. The van der Waals surface area contributed by atoms with Gasteiger partial charge < -0.3 is 15.8 Å². The van der Waals surface area contributed by atoms with Crippen LogP contribution in [0.3, 0.4) is 0 Å². The molecular weight excluding hydrogens is 228 g/mol. The molecule has 0 unspecified atom stereocenters. The zero-order valence-corrected chi connectivity index (χ0v) is 10.5. The number of aryl methyl sites for hydroxylation is 1. The van der Waals surface area contributed by atoms with Gasteiger partial charge in [0.2, 0.25) is 5.88 Å². The van der Waals surface area contributed by atoms with Gasteiger partial charge in [-0.2, -0.15) is 4.98 Å². The number of benzene rings is 1. The molecule has 18 heavy (non-hydrogen) atoms. The summed E-state index contributed by atoms with van der Waals surface area (Å²) in [6.45, 7) is 2.72. The minimum atomic E-state index is 0.386. The van der Waals surface area contributed by atoms with Crippen LogP contribution in [0.1, 0.15) is 11.1 Å². The fourth-order valence-corrected chi connectivity index (χ4v) is 1.57. The van der Waals surface area contributed by atoms with Crippen molar-refractivity contribution in [2.75, 3.05) is 18.2 Å². The van der Waals surface area contributed by atoms with E-state index in [2.05, 4.69) is 46.5 Å². The first-order valence-corrected chi connectivity index (χ1v) is 5.64. The van der Waals surface area contributed by atoms with Crippen LogP contribution in [0.4, 0.5) is 11.5 Å². The van der Waals surface area contributed by atoms with E-state index in [-0.39, 0.29) is 0 Å². The molecule has 0 aliphatic heterocycles. The second-order valence-corrected chi connectivity index (χ2v) is 3.98. The lowest BCUT2D eigenvalue weighted by atomic mass is 10.1. The van der Waals surface area contributed by atoms with E-state index in [1.165, 1.54) is 19.0 Å². The van der Waals surface area contributed by atoms with Crippen molar-refractivity contribution in [2.24, 2.45) is 0 Å². The first-order chi connectivity index (χ1) is 8.70. The number of anilines is 2. The summed E-state index contributed by atoms with van der Waals surface area (Å²) >= 11 is 0. The van der Waals surface area contributed by atoms with Crippen LogP contribution in [0.5, 0.6) is 5.88 Å². The van der Waals surface area contributed by atoms with Gasteiger partial charge in [0.1, 0.15) is 12.0 Å². The molecule has 0 aliphatic carbocycles. The highest BCUT2D eigenvalue weighted by atomic mass is 16.5. The average molecular weight is 244 g/mol. The summed E-state index contributed by atoms with van der Waals surface area (Å²) in [5.41, 5.74) is 8.70. The van der Waals surface area contributed by atoms with Gasteiger partial charge in [-0.05, 0) is 12.5 Å². The highest BCUT2D eigenvalue weighted by Crippen LogP contribution is 2.24. The Labute approximate surface area is 106 Å². The quantitative estimate of drug-likeness (QED) is 0.860. The smallest absolute Gasteiger partial charge is 0.242 e. The van der Waals surface area contributed by atoms with Gasteiger partial charge in [0, 0.05) is 6.54 Å². The lowest BCUT2D eigenvalue weighted by Crippen LogP contribution is -2.06. The molecule has 94 valence electrons. The van der Waals surface area contributed by atoms with Crippen LogP contribution < -0.4 is 15.8 Å². The van der Waals surface area contributed by atoms with Crippen molar-refractivity contribution in [3.63, 3.8) is 0 Å². The third-order valence-corrected chi connectivity index (χ3v) is 2.62. The molecule has 2 aromatic rings. The van der Waals surface area contributed by atoms with Gasteiger partial charge in [-0.3, -0.25) is 0 Å². The largest absolute Gasteiger partial charge is 0.479 e. The van der Waals surface area contributed by atoms with Crippen molar-refractivity contribution in [3.05, 3.63) is 41.7 Å². The molecule has 0 saturated heterocycles. The SMILES string of the molecule is COc1ncnc(NCc2ccc(C)cc2)c1N. The Hall–Kier alpha value is -2.30. The van der Waals surface area contributed by atoms with Crippen molar-refractivity contribution < 1.29 is 4.74 Å². The van der Waals surface area contributed by atoms with E-state index >= 15 is 0 Å². The first-order valence-electron chi connectivity index (χ1n) is 5.64. The number of nitrogens with zero attached hydrogens (tertiary/aromatic N) is 2. The Morgan fingerprint density at radius 1 is 1.22 bits per heavy atom. The van der Waals surface area contributed by atoms with Crippen LogP contribution in [-0.2, 0) is 6.54 Å². The van der Waals surface area contributed by atoms with Crippen molar-refractivity contribution >= 4 is 11.5 Å². The summed E-state index contributed by atoms with van der Waals surface area (Å²) in [7, 11) is 1.53. The zero-order chi connectivity index (χ0) is 13.0. The van der Waals surface area contributed by atoms with Gasteiger partial charge in [-0.1, -0.05) is 29.8 Å². The van der Waals surface area contributed by atoms with Crippen molar-refractivity contribution in [2.45, 2.75) is 13.5 Å². The van der Waals surface area contributed by atoms with Crippen LogP contribution in [0.15, 0.2) is 30.6 Å². The molecule has 0 radical (unpaired) electrons. The average Bonchev–Trinajstić information content (AvgIpc) is 2.39. The molecule has 5 nitrogen and oxygen atoms in total. The van der Waals surface area contributed by atoms with E-state index in [4.69, 9.17) is 10.5 Å². The number of rotatable bonds is 4. The van der Waals surface area contributed by atoms with Gasteiger partial charge in [-0.25, -0.2) is 4.98 Å².